The first kappa shape index (κ1) is 14.9. The van der Waals surface area contributed by atoms with Crippen LogP contribution in [0.5, 0.6) is 5.75 Å². The molecule has 3 aromatic rings. The maximum Gasteiger partial charge on any atom is 0.126 e. The van der Waals surface area contributed by atoms with Gasteiger partial charge in [-0.1, -0.05) is 26.0 Å². The lowest BCUT2D eigenvalue weighted by molar-refractivity contribution is 0.415. The molecule has 114 valence electrons. The van der Waals surface area contributed by atoms with Crippen LogP contribution in [-0.2, 0) is 0 Å². The standard InChI is InChI=1S/C18H20N2OS/c1-10(2)17-15(12-6-5-7-13(9-12)21-4)16-14(19)8-11(3)20-18(16)22-17/h5-10H,1-4H3,(H2,19,20). The second-order valence-corrected chi connectivity index (χ2v) is 6.79. The summed E-state index contributed by atoms with van der Waals surface area (Å²) in [6.45, 7) is 6.39. The number of nitrogens with two attached hydrogens (primary N) is 1. The highest BCUT2D eigenvalue weighted by atomic mass is 32.1. The van der Waals surface area contributed by atoms with Crippen molar-refractivity contribution in [2.24, 2.45) is 0 Å². The molecule has 0 atom stereocenters. The van der Waals surface area contributed by atoms with Crippen molar-refractivity contribution in [2.75, 3.05) is 12.8 Å². The van der Waals surface area contributed by atoms with Crippen LogP contribution in [0.1, 0.15) is 30.3 Å². The lowest BCUT2D eigenvalue weighted by atomic mass is 9.97. The first-order valence-corrected chi connectivity index (χ1v) is 8.17. The summed E-state index contributed by atoms with van der Waals surface area (Å²) in [5, 5.41) is 1.06. The van der Waals surface area contributed by atoms with Crippen LogP contribution in [0.3, 0.4) is 0 Å². The molecule has 0 bridgehead atoms. The summed E-state index contributed by atoms with van der Waals surface area (Å²) in [6.07, 6.45) is 0. The van der Waals surface area contributed by atoms with Crippen LogP contribution in [0.4, 0.5) is 5.69 Å². The number of thiophene rings is 1. The van der Waals surface area contributed by atoms with Crippen molar-refractivity contribution in [1.82, 2.24) is 4.98 Å². The minimum Gasteiger partial charge on any atom is -0.497 e. The van der Waals surface area contributed by atoms with Crippen LogP contribution in [0, 0.1) is 6.92 Å². The van der Waals surface area contributed by atoms with E-state index in [-0.39, 0.29) is 0 Å². The maximum atomic E-state index is 6.31. The van der Waals surface area contributed by atoms with E-state index in [0.717, 1.165) is 32.9 Å². The van der Waals surface area contributed by atoms with Gasteiger partial charge in [-0.3, -0.25) is 0 Å². The van der Waals surface area contributed by atoms with Crippen LogP contribution >= 0.6 is 11.3 Å². The number of fused-ring (bicyclic) bond motifs is 1. The van der Waals surface area contributed by atoms with E-state index >= 15 is 0 Å². The number of hydrogen-bond donors (Lipinski definition) is 1. The number of benzene rings is 1. The SMILES string of the molecule is COc1cccc(-c2c(C(C)C)sc3nc(C)cc(N)c23)c1. The fraction of sp³-hybridized carbons (Fsp3) is 0.278. The molecule has 2 N–H and O–H groups in total. The summed E-state index contributed by atoms with van der Waals surface area (Å²) >= 11 is 1.74. The van der Waals surface area contributed by atoms with Gasteiger partial charge in [0, 0.05) is 27.2 Å². The highest BCUT2D eigenvalue weighted by Gasteiger charge is 2.20. The minimum absolute atomic E-state index is 0.417. The number of anilines is 1. The van der Waals surface area contributed by atoms with Crippen molar-refractivity contribution in [3.63, 3.8) is 0 Å². The zero-order chi connectivity index (χ0) is 15.9. The molecule has 0 unspecified atom stereocenters. The topological polar surface area (TPSA) is 48.1 Å². The molecule has 0 spiro atoms. The van der Waals surface area contributed by atoms with Gasteiger partial charge in [-0.05, 0) is 36.6 Å². The summed E-state index contributed by atoms with van der Waals surface area (Å²) in [6, 6.07) is 10.1. The third-order valence-electron chi connectivity index (χ3n) is 3.73. The van der Waals surface area contributed by atoms with Gasteiger partial charge in [0.25, 0.3) is 0 Å². The van der Waals surface area contributed by atoms with Crippen LogP contribution in [0.25, 0.3) is 21.3 Å². The monoisotopic (exact) mass is 312 g/mol. The second-order valence-electron chi connectivity index (χ2n) is 5.76. The number of rotatable bonds is 3. The van der Waals surface area contributed by atoms with Gasteiger partial charge in [-0.25, -0.2) is 4.98 Å². The van der Waals surface area contributed by atoms with Crippen molar-refractivity contribution in [3.8, 4) is 16.9 Å². The van der Waals surface area contributed by atoms with Crippen LogP contribution in [0.2, 0.25) is 0 Å². The van der Waals surface area contributed by atoms with Gasteiger partial charge in [0.05, 0.1) is 7.11 Å². The van der Waals surface area contributed by atoms with Gasteiger partial charge in [0.1, 0.15) is 10.6 Å². The van der Waals surface area contributed by atoms with Gasteiger partial charge >= 0.3 is 0 Å². The van der Waals surface area contributed by atoms with Crippen molar-refractivity contribution in [2.45, 2.75) is 26.7 Å². The summed E-state index contributed by atoms with van der Waals surface area (Å²) in [4.78, 5) is 7.00. The van der Waals surface area contributed by atoms with E-state index in [1.54, 1.807) is 18.4 Å². The molecular weight excluding hydrogens is 292 g/mol. The first-order valence-electron chi connectivity index (χ1n) is 7.35. The largest absolute Gasteiger partial charge is 0.497 e. The summed E-state index contributed by atoms with van der Waals surface area (Å²) in [7, 11) is 1.69. The van der Waals surface area contributed by atoms with E-state index in [1.165, 1.54) is 10.4 Å². The molecule has 0 fully saturated rings. The minimum atomic E-state index is 0.417. The van der Waals surface area contributed by atoms with E-state index in [0.29, 0.717) is 5.92 Å². The van der Waals surface area contributed by atoms with Gasteiger partial charge in [-0.2, -0.15) is 0 Å². The van der Waals surface area contributed by atoms with Crippen LogP contribution < -0.4 is 10.5 Å². The number of methoxy groups -OCH3 is 1. The van der Waals surface area contributed by atoms with Gasteiger partial charge in [0.2, 0.25) is 0 Å². The Hall–Kier alpha value is -2.07. The lowest BCUT2D eigenvalue weighted by Gasteiger charge is -2.10. The smallest absolute Gasteiger partial charge is 0.126 e. The van der Waals surface area contributed by atoms with Crippen molar-refractivity contribution in [1.29, 1.82) is 0 Å². The quantitative estimate of drug-likeness (QED) is 0.741. The Morgan fingerprint density at radius 3 is 2.68 bits per heavy atom. The number of aryl methyl sites for hydroxylation is 1. The Bertz CT molecular complexity index is 836. The molecule has 1 aromatic carbocycles. The molecule has 0 aliphatic rings. The predicted molar refractivity (Wildman–Crippen MR) is 94.8 cm³/mol. The van der Waals surface area contributed by atoms with E-state index in [9.17, 15) is 0 Å². The molecule has 0 saturated carbocycles. The van der Waals surface area contributed by atoms with Crippen LogP contribution in [-0.4, -0.2) is 12.1 Å². The molecule has 0 aliphatic heterocycles. The summed E-state index contributed by atoms with van der Waals surface area (Å²) in [5.74, 6) is 1.27. The molecule has 0 amide bonds. The number of hydrogen-bond acceptors (Lipinski definition) is 4. The molecule has 3 nitrogen and oxygen atoms in total. The molecule has 3 rings (SSSR count). The average molecular weight is 312 g/mol. The molecule has 4 heteroatoms. The van der Waals surface area contributed by atoms with Crippen molar-refractivity contribution < 1.29 is 4.74 Å². The van der Waals surface area contributed by atoms with E-state index in [2.05, 4.69) is 31.0 Å². The number of ether oxygens (including phenoxy) is 1. The van der Waals surface area contributed by atoms with Gasteiger partial charge < -0.3 is 10.5 Å². The summed E-state index contributed by atoms with van der Waals surface area (Å²) in [5.41, 5.74) is 10.4. The maximum absolute atomic E-state index is 6.31. The van der Waals surface area contributed by atoms with E-state index < -0.39 is 0 Å². The Labute approximate surface area is 134 Å². The molecular formula is C18H20N2OS. The third-order valence-corrected chi connectivity index (χ3v) is 5.11. The molecule has 22 heavy (non-hydrogen) atoms. The average Bonchev–Trinajstić information content (AvgIpc) is 2.87. The fourth-order valence-electron chi connectivity index (χ4n) is 2.74. The first-order chi connectivity index (χ1) is 10.5. The number of nitrogens with zero attached hydrogens (tertiary/aromatic N) is 1. The molecule has 0 radical (unpaired) electrons. The zero-order valence-electron chi connectivity index (χ0n) is 13.3. The molecule has 2 aromatic heterocycles. The Morgan fingerprint density at radius 1 is 1.23 bits per heavy atom. The van der Waals surface area contributed by atoms with Gasteiger partial charge in [0.15, 0.2) is 0 Å². The highest BCUT2D eigenvalue weighted by Crippen LogP contribution is 2.44. The predicted octanol–water partition coefficient (Wildman–Crippen LogP) is 4.99. The fourth-order valence-corrected chi connectivity index (χ4v) is 4.02. The number of nitrogen functional groups attached to an aromatic ring is 1. The van der Waals surface area contributed by atoms with Gasteiger partial charge in [-0.15, -0.1) is 11.3 Å². The third kappa shape index (κ3) is 2.44. The van der Waals surface area contributed by atoms with Crippen molar-refractivity contribution in [3.05, 3.63) is 40.9 Å². The highest BCUT2D eigenvalue weighted by molar-refractivity contribution is 7.19. The molecule has 2 heterocycles. The van der Waals surface area contributed by atoms with Crippen LogP contribution in [0.15, 0.2) is 30.3 Å². The lowest BCUT2D eigenvalue weighted by Crippen LogP contribution is -1.93. The van der Waals surface area contributed by atoms with E-state index in [4.69, 9.17) is 10.5 Å². The van der Waals surface area contributed by atoms with E-state index in [1.807, 2.05) is 25.1 Å². The van der Waals surface area contributed by atoms with Crippen molar-refractivity contribution >= 4 is 27.2 Å². The Balaban J connectivity index is 2.37. The molecule has 0 aliphatic carbocycles. The normalized spacial score (nSPS) is 11.3. The number of aromatic nitrogens is 1. The molecule has 0 saturated heterocycles. The Kier molecular flexibility index (Phi) is 3.79. The second kappa shape index (κ2) is 5.61. The number of pyridine rings is 1. The summed E-state index contributed by atoms with van der Waals surface area (Å²) < 4.78 is 5.37. The Morgan fingerprint density at radius 2 is 2.00 bits per heavy atom. The zero-order valence-corrected chi connectivity index (χ0v) is 14.1.